The Morgan fingerprint density at radius 3 is 2.72 bits per heavy atom. The smallest absolute Gasteiger partial charge is 0.0950 e. The van der Waals surface area contributed by atoms with Gasteiger partial charge >= 0.3 is 0 Å². The molecule has 2 aliphatic rings. The summed E-state index contributed by atoms with van der Waals surface area (Å²) in [6.07, 6.45) is 10.9. The summed E-state index contributed by atoms with van der Waals surface area (Å²) in [5, 5.41) is 3.47. The van der Waals surface area contributed by atoms with Gasteiger partial charge in [-0.1, -0.05) is 13.3 Å². The van der Waals surface area contributed by atoms with Crippen LogP contribution in [0.1, 0.15) is 57.7 Å². The molecule has 0 radical (unpaired) electrons. The van der Waals surface area contributed by atoms with Gasteiger partial charge in [-0.3, -0.25) is 0 Å². The topological polar surface area (TPSA) is 29.9 Å². The van der Waals surface area contributed by atoms with E-state index in [9.17, 15) is 0 Å². The van der Waals surface area contributed by atoms with Crippen LogP contribution in [0.25, 0.3) is 0 Å². The van der Waals surface area contributed by atoms with Gasteiger partial charge in [0, 0.05) is 23.3 Å². The fourth-order valence-electron chi connectivity index (χ4n) is 3.48. The molecule has 3 heteroatoms. The second kappa shape index (κ2) is 4.69. The second-order valence-electron chi connectivity index (χ2n) is 6.43. The van der Waals surface area contributed by atoms with E-state index in [4.69, 9.17) is 0 Å². The van der Waals surface area contributed by atoms with Gasteiger partial charge in [0.05, 0.1) is 6.33 Å². The molecular formula is C15H25N3. The van der Waals surface area contributed by atoms with Crippen LogP contribution in [0, 0.1) is 5.92 Å². The quantitative estimate of drug-likeness (QED) is 0.890. The van der Waals surface area contributed by atoms with Gasteiger partial charge in [-0.25, -0.2) is 4.98 Å². The molecule has 1 aromatic rings. The van der Waals surface area contributed by atoms with E-state index in [0.29, 0.717) is 11.5 Å². The summed E-state index contributed by atoms with van der Waals surface area (Å²) in [5.74, 6) is 0.878. The summed E-state index contributed by atoms with van der Waals surface area (Å²) >= 11 is 0. The van der Waals surface area contributed by atoms with Crippen molar-refractivity contribution in [1.29, 1.82) is 0 Å². The van der Waals surface area contributed by atoms with Gasteiger partial charge in [0.25, 0.3) is 0 Å². The predicted octanol–water partition coefficient (Wildman–Crippen LogP) is 2.89. The summed E-state index contributed by atoms with van der Waals surface area (Å²) in [6.45, 7) is 7.06. The molecule has 2 fully saturated rings. The molecule has 0 spiro atoms. The number of piperidine rings is 1. The lowest BCUT2D eigenvalue weighted by Gasteiger charge is -2.39. The van der Waals surface area contributed by atoms with Gasteiger partial charge in [0.2, 0.25) is 0 Å². The van der Waals surface area contributed by atoms with Crippen LogP contribution in [0.5, 0.6) is 0 Å². The first kappa shape index (κ1) is 12.2. The molecule has 18 heavy (non-hydrogen) atoms. The summed E-state index contributed by atoms with van der Waals surface area (Å²) in [7, 11) is 0. The van der Waals surface area contributed by atoms with Crippen molar-refractivity contribution in [2.24, 2.45) is 5.92 Å². The third kappa shape index (κ3) is 1.99. The summed E-state index contributed by atoms with van der Waals surface area (Å²) in [4.78, 5) is 4.45. The number of rotatable bonds is 3. The standard InChI is InChI=1S/C15H25N3/c1-12(13-4-3-5-13)18-11-17-10-14(18)15(2)6-8-16-9-7-15/h10-13,16H,3-9H2,1-2H3. The minimum Gasteiger partial charge on any atom is -0.331 e. The Labute approximate surface area is 110 Å². The predicted molar refractivity (Wildman–Crippen MR) is 73.7 cm³/mol. The van der Waals surface area contributed by atoms with Crippen LogP contribution in [-0.2, 0) is 5.41 Å². The van der Waals surface area contributed by atoms with Gasteiger partial charge < -0.3 is 9.88 Å². The molecule has 1 aromatic heterocycles. The van der Waals surface area contributed by atoms with Crippen LogP contribution >= 0.6 is 0 Å². The van der Waals surface area contributed by atoms with Crippen molar-refractivity contribution in [1.82, 2.24) is 14.9 Å². The van der Waals surface area contributed by atoms with Gasteiger partial charge in [-0.05, 0) is 51.6 Å². The van der Waals surface area contributed by atoms with E-state index in [1.165, 1.54) is 37.8 Å². The van der Waals surface area contributed by atoms with E-state index >= 15 is 0 Å². The van der Waals surface area contributed by atoms with Gasteiger partial charge in [0.15, 0.2) is 0 Å². The number of hydrogen-bond donors (Lipinski definition) is 1. The molecule has 3 rings (SSSR count). The van der Waals surface area contributed by atoms with Crippen molar-refractivity contribution in [2.45, 2.75) is 57.4 Å². The molecule has 3 nitrogen and oxygen atoms in total. The minimum atomic E-state index is 0.319. The van der Waals surface area contributed by atoms with Gasteiger partial charge in [-0.2, -0.15) is 0 Å². The molecule has 1 aliphatic carbocycles. The van der Waals surface area contributed by atoms with E-state index < -0.39 is 0 Å². The highest BCUT2D eigenvalue weighted by Crippen LogP contribution is 2.40. The zero-order chi connectivity index (χ0) is 12.6. The van der Waals surface area contributed by atoms with Crippen LogP contribution < -0.4 is 5.32 Å². The lowest BCUT2D eigenvalue weighted by molar-refractivity contribution is 0.208. The van der Waals surface area contributed by atoms with Crippen LogP contribution in [0.2, 0.25) is 0 Å². The van der Waals surface area contributed by atoms with E-state index in [1.54, 1.807) is 0 Å². The molecule has 0 bridgehead atoms. The summed E-state index contributed by atoms with van der Waals surface area (Å²) in [5.41, 5.74) is 1.78. The molecule has 100 valence electrons. The number of imidazole rings is 1. The molecule has 1 saturated heterocycles. The SMILES string of the molecule is CC(C1CCC1)n1cncc1C1(C)CCNCC1. The third-order valence-electron chi connectivity index (χ3n) is 5.26. The van der Waals surface area contributed by atoms with Crippen molar-refractivity contribution in [3.63, 3.8) is 0 Å². The molecule has 0 amide bonds. The van der Waals surface area contributed by atoms with Crippen LogP contribution in [0.4, 0.5) is 0 Å². The Morgan fingerprint density at radius 1 is 1.39 bits per heavy atom. The highest BCUT2D eigenvalue weighted by Gasteiger charge is 2.34. The third-order valence-corrected chi connectivity index (χ3v) is 5.26. The molecule has 1 N–H and O–H groups in total. The first-order valence-electron chi connectivity index (χ1n) is 7.44. The van der Waals surface area contributed by atoms with Gasteiger partial charge in [0.1, 0.15) is 0 Å². The lowest BCUT2D eigenvalue weighted by atomic mass is 9.76. The molecule has 1 saturated carbocycles. The Morgan fingerprint density at radius 2 is 2.11 bits per heavy atom. The molecule has 1 atom stereocenters. The first-order valence-corrected chi connectivity index (χ1v) is 7.44. The zero-order valence-corrected chi connectivity index (χ0v) is 11.7. The second-order valence-corrected chi connectivity index (χ2v) is 6.43. The monoisotopic (exact) mass is 247 g/mol. The average Bonchev–Trinajstić information content (AvgIpc) is 2.77. The molecule has 1 unspecified atom stereocenters. The van der Waals surface area contributed by atoms with Crippen LogP contribution in [0.3, 0.4) is 0 Å². The first-order chi connectivity index (χ1) is 8.71. The molecule has 1 aliphatic heterocycles. The number of nitrogens with zero attached hydrogens (tertiary/aromatic N) is 2. The summed E-state index contributed by atoms with van der Waals surface area (Å²) in [6, 6.07) is 0.628. The number of nitrogens with one attached hydrogen (secondary N) is 1. The number of hydrogen-bond acceptors (Lipinski definition) is 2. The fourth-order valence-corrected chi connectivity index (χ4v) is 3.48. The maximum absolute atomic E-state index is 4.45. The van der Waals surface area contributed by atoms with Crippen molar-refractivity contribution in [3.05, 3.63) is 18.2 Å². The van der Waals surface area contributed by atoms with E-state index in [1.807, 2.05) is 0 Å². The summed E-state index contributed by atoms with van der Waals surface area (Å²) < 4.78 is 2.47. The fraction of sp³-hybridized carbons (Fsp3) is 0.800. The Kier molecular flexibility index (Phi) is 3.18. The van der Waals surface area contributed by atoms with E-state index in [2.05, 4.69) is 41.2 Å². The van der Waals surface area contributed by atoms with E-state index in [-0.39, 0.29) is 0 Å². The van der Waals surface area contributed by atoms with Crippen molar-refractivity contribution >= 4 is 0 Å². The van der Waals surface area contributed by atoms with Crippen molar-refractivity contribution in [3.8, 4) is 0 Å². The number of aromatic nitrogens is 2. The molecule has 2 heterocycles. The van der Waals surface area contributed by atoms with Gasteiger partial charge in [-0.15, -0.1) is 0 Å². The minimum absolute atomic E-state index is 0.319. The highest BCUT2D eigenvalue weighted by molar-refractivity contribution is 5.16. The lowest BCUT2D eigenvalue weighted by Crippen LogP contribution is -2.39. The van der Waals surface area contributed by atoms with Crippen LogP contribution in [0.15, 0.2) is 12.5 Å². The highest BCUT2D eigenvalue weighted by atomic mass is 15.1. The zero-order valence-electron chi connectivity index (χ0n) is 11.7. The Hall–Kier alpha value is -0.830. The maximum atomic E-state index is 4.45. The molecular weight excluding hydrogens is 222 g/mol. The largest absolute Gasteiger partial charge is 0.331 e. The van der Waals surface area contributed by atoms with Crippen molar-refractivity contribution in [2.75, 3.05) is 13.1 Å². The van der Waals surface area contributed by atoms with Crippen molar-refractivity contribution < 1.29 is 0 Å². The van der Waals surface area contributed by atoms with Crippen LogP contribution in [-0.4, -0.2) is 22.6 Å². The Bertz CT molecular complexity index is 400. The molecule has 0 aromatic carbocycles. The Balaban J connectivity index is 1.85. The van der Waals surface area contributed by atoms with E-state index in [0.717, 1.165) is 19.0 Å². The average molecular weight is 247 g/mol. The normalized spacial score (nSPS) is 25.7. The maximum Gasteiger partial charge on any atom is 0.0950 e.